The molecule has 0 unspecified atom stereocenters. The van der Waals surface area contributed by atoms with E-state index in [9.17, 15) is 28.8 Å². The van der Waals surface area contributed by atoms with Crippen LogP contribution in [0.5, 0.6) is 57.5 Å². The van der Waals surface area contributed by atoms with Gasteiger partial charge in [-0.05, 0) is 48.7 Å². The maximum absolute atomic E-state index is 12.4. The van der Waals surface area contributed by atoms with Gasteiger partial charge in [0.15, 0.2) is 23.0 Å². The highest BCUT2D eigenvalue weighted by Gasteiger charge is 2.25. The van der Waals surface area contributed by atoms with Crippen molar-refractivity contribution in [3.05, 3.63) is 103 Å². The zero-order valence-electron chi connectivity index (χ0n) is 33.8. The Labute approximate surface area is 375 Å². The van der Waals surface area contributed by atoms with Crippen molar-refractivity contribution in [2.24, 2.45) is 0 Å². The quantitative estimate of drug-likeness (QED) is 0.132. The molecule has 62 heavy (non-hydrogen) atoms. The number of esters is 6. The molecule has 0 spiro atoms. The van der Waals surface area contributed by atoms with Crippen molar-refractivity contribution in [2.45, 2.75) is 67.2 Å². The summed E-state index contributed by atoms with van der Waals surface area (Å²) in [7, 11) is 0. The van der Waals surface area contributed by atoms with Gasteiger partial charge in [0.05, 0.1) is 10.0 Å². The van der Waals surface area contributed by atoms with Crippen molar-refractivity contribution < 1.29 is 66.7 Å². The molecular weight excluding hydrogens is 894 g/mol. The minimum Gasteiger partial charge on any atom is -0.452 e. The number of ether oxygens (including phenoxy) is 8. The highest BCUT2D eigenvalue weighted by Crippen LogP contribution is 2.47. The Balaban J connectivity index is 1.79. The lowest BCUT2D eigenvalue weighted by Gasteiger charge is -2.19. The number of allylic oxidation sites excluding steroid dienone is 4. The first-order valence-electron chi connectivity index (χ1n) is 18.4. The zero-order chi connectivity index (χ0) is 45.4. The third-order valence-corrected chi connectivity index (χ3v) is 9.36. The molecule has 18 heteroatoms. The van der Waals surface area contributed by atoms with Gasteiger partial charge in [-0.3, -0.25) is 28.8 Å². The van der Waals surface area contributed by atoms with Crippen LogP contribution in [0.1, 0.15) is 63.8 Å². The number of fused-ring (bicyclic) bond motifs is 6. The first-order chi connectivity index (χ1) is 29.2. The number of carbonyl (C=O) groups excluding carboxylic acids is 6. The van der Waals surface area contributed by atoms with Gasteiger partial charge in [0.2, 0.25) is 5.75 Å². The Bertz CT molecular complexity index is 2520. The van der Waals surface area contributed by atoms with Crippen molar-refractivity contribution >= 4 is 82.2 Å². The predicted octanol–water partition coefficient (Wildman–Crippen LogP) is 10.3. The second-order valence-corrected chi connectivity index (χ2v) is 15.2. The van der Waals surface area contributed by atoms with Crippen molar-refractivity contribution in [3.63, 3.8) is 0 Å². The summed E-state index contributed by atoms with van der Waals surface area (Å²) in [6.45, 7) is 7.08. The molecule has 0 aliphatic carbocycles. The first-order valence-corrected chi connectivity index (χ1v) is 19.9. The van der Waals surface area contributed by atoms with Crippen LogP contribution in [0.4, 0.5) is 0 Å². The fourth-order valence-corrected chi connectivity index (χ4v) is 6.78. The van der Waals surface area contributed by atoms with Gasteiger partial charge in [-0.2, -0.15) is 0 Å². The standard InChI is InChI=1S/C44H36Cl4O14/c1-21(49)55-33-15-30-14-32(46)10-8-29-17-39(35(48)20-37(29)57-23(3)51)62-44-40(58-24(4)52)12-27(13-41(44)59-25(5)53)11-31(45)9-7-28-16-38(34(47)19-36(28)56-22(2)50)61-43(30)42(18-33)60-26(6)54/h9-10,12-13,15-20H,7-8,11,14H2,1-6H3/b31-9+,32-10+. The van der Waals surface area contributed by atoms with E-state index in [1.54, 1.807) is 12.2 Å². The third-order valence-electron chi connectivity index (χ3n) is 8.19. The predicted molar refractivity (Wildman–Crippen MR) is 226 cm³/mol. The molecular formula is C44H36Cl4O14. The highest BCUT2D eigenvalue weighted by atomic mass is 35.5. The van der Waals surface area contributed by atoms with Gasteiger partial charge in [-0.1, -0.05) is 58.6 Å². The number of hydrogen-bond acceptors (Lipinski definition) is 14. The van der Waals surface area contributed by atoms with Gasteiger partial charge in [-0.25, -0.2) is 0 Å². The summed E-state index contributed by atoms with van der Waals surface area (Å²) in [4.78, 5) is 73.5. The van der Waals surface area contributed by atoms with Gasteiger partial charge < -0.3 is 37.9 Å². The highest BCUT2D eigenvalue weighted by molar-refractivity contribution is 6.32. The fourth-order valence-electron chi connectivity index (χ4n) is 5.94. The summed E-state index contributed by atoms with van der Waals surface area (Å²) < 4.78 is 45.5. The summed E-state index contributed by atoms with van der Waals surface area (Å²) in [6, 6.07) is 11.3. The van der Waals surface area contributed by atoms with E-state index >= 15 is 0 Å². The van der Waals surface area contributed by atoms with Crippen LogP contribution >= 0.6 is 46.4 Å². The topological polar surface area (TPSA) is 176 Å². The summed E-state index contributed by atoms with van der Waals surface area (Å²) in [5.74, 6) is -4.79. The lowest BCUT2D eigenvalue weighted by Crippen LogP contribution is -2.08. The molecule has 0 saturated carbocycles. The van der Waals surface area contributed by atoms with Crippen LogP contribution in [0.3, 0.4) is 0 Å². The molecule has 0 fully saturated rings. The second kappa shape index (κ2) is 20.7. The lowest BCUT2D eigenvalue weighted by molar-refractivity contribution is -0.133. The number of rotatable bonds is 6. The molecule has 4 aromatic carbocycles. The molecule has 0 aromatic heterocycles. The van der Waals surface area contributed by atoms with Crippen LogP contribution in [-0.4, -0.2) is 35.8 Å². The SMILES string of the molecule is CC(=O)Oc1cc2c(c(OC(C)=O)c1)Oc1cc(c(OC(C)=O)cc1Cl)C/C=C(/Cl)Cc1cc(OC(C)=O)c(c(OC(C)=O)c1)Oc1cc(c(OC(C)=O)cc1Cl)C/C=C(/Cl)C2. The van der Waals surface area contributed by atoms with Crippen LogP contribution in [0, 0.1) is 0 Å². The lowest BCUT2D eigenvalue weighted by atomic mass is 10.1. The molecule has 2 aliphatic heterocycles. The van der Waals surface area contributed by atoms with E-state index < -0.39 is 35.8 Å². The summed E-state index contributed by atoms with van der Waals surface area (Å²) in [5, 5.41) is 0.336. The normalized spacial score (nSPS) is 14.3. The van der Waals surface area contributed by atoms with E-state index in [4.69, 9.17) is 84.3 Å². The number of halogens is 4. The zero-order valence-corrected chi connectivity index (χ0v) is 36.9. The molecule has 0 atom stereocenters. The minimum absolute atomic E-state index is 0.00305. The van der Waals surface area contributed by atoms with E-state index in [-0.39, 0.29) is 109 Å². The first kappa shape index (κ1) is 47.0. The largest absolute Gasteiger partial charge is 0.452 e. The average molecular weight is 931 g/mol. The molecule has 6 bridgehead atoms. The molecule has 0 amide bonds. The van der Waals surface area contributed by atoms with E-state index in [0.29, 0.717) is 16.7 Å². The van der Waals surface area contributed by atoms with E-state index in [1.807, 2.05) is 0 Å². The Morgan fingerprint density at radius 3 is 1.26 bits per heavy atom. The summed E-state index contributed by atoms with van der Waals surface area (Å²) in [5.41, 5.74) is 1.37. The van der Waals surface area contributed by atoms with Crippen molar-refractivity contribution in [3.8, 4) is 57.5 Å². The van der Waals surface area contributed by atoms with Gasteiger partial charge in [0.25, 0.3) is 0 Å². The fraction of sp³-hybridized carbons (Fsp3) is 0.227. The molecule has 2 heterocycles. The molecule has 2 aliphatic rings. The van der Waals surface area contributed by atoms with Crippen molar-refractivity contribution in [2.75, 3.05) is 0 Å². The number of benzene rings is 4. The maximum Gasteiger partial charge on any atom is 0.308 e. The second-order valence-electron chi connectivity index (χ2n) is 13.4. The number of hydrogen-bond donors (Lipinski definition) is 0. The van der Waals surface area contributed by atoms with Crippen LogP contribution in [-0.2, 0) is 54.5 Å². The summed E-state index contributed by atoms with van der Waals surface area (Å²) in [6.07, 6.45) is 3.07. The van der Waals surface area contributed by atoms with Gasteiger partial charge in [-0.15, -0.1) is 0 Å². The summed E-state index contributed by atoms with van der Waals surface area (Å²) >= 11 is 27.1. The molecule has 6 rings (SSSR count). The maximum atomic E-state index is 12.4. The molecule has 4 aromatic rings. The Morgan fingerprint density at radius 2 is 0.823 bits per heavy atom. The average Bonchev–Trinajstić information content (AvgIpc) is 3.13. The number of carbonyl (C=O) groups is 6. The molecule has 0 N–H and O–H groups in total. The van der Waals surface area contributed by atoms with Crippen molar-refractivity contribution in [1.29, 1.82) is 0 Å². The van der Waals surface area contributed by atoms with Crippen LogP contribution in [0.15, 0.2) is 70.7 Å². The minimum atomic E-state index is -0.736. The smallest absolute Gasteiger partial charge is 0.308 e. The van der Waals surface area contributed by atoms with E-state index in [2.05, 4.69) is 0 Å². The monoisotopic (exact) mass is 928 g/mol. The van der Waals surface area contributed by atoms with Crippen LogP contribution < -0.4 is 37.9 Å². The van der Waals surface area contributed by atoms with Gasteiger partial charge in [0, 0.05) is 99.3 Å². The van der Waals surface area contributed by atoms with Crippen LogP contribution in [0.2, 0.25) is 10.0 Å². The van der Waals surface area contributed by atoms with Crippen LogP contribution in [0.25, 0.3) is 0 Å². The van der Waals surface area contributed by atoms with E-state index in [0.717, 1.165) is 20.8 Å². The van der Waals surface area contributed by atoms with Gasteiger partial charge >= 0.3 is 35.8 Å². The Morgan fingerprint density at radius 1 is 0.435 bits per heavy atom. The van der Waals surface area contributed by atoms with Gasteiger partial charge in [0.1, 0.15) is 28.7 Å². The molecule has 0 saturated heterocycles. The molecule has 14 nitrogen and oxygen atoms in total. The molecule has 0 radical (unpaired) electrons. The molecule has 324 valence electrons. The van der Waals surface area contributed by atoms with E-state index in [1.165, 1.54) is 69.3 Å². The Kier molecular flexibility index (Phi) is 15.7. The third kappa shape index (κ3) is 13.0. The Hall–Kier alpha value is -6.06. The van der Waals surface area contributed by atoms with Crippen molar-refractivity contribution in [1.82, 2.24) is 0 Å².